The van der Waals surface area contributed by atoms with Crippen LogP contribution < -0.4 is 0 Å². The van der Waals surface area contributed by atoms with Gasteiger partial charge in [-0.3, -0.25) is 0 Å². The molecule has 7 nitrogen and oxygen atoms in total. The van der Waals surface area contributed by atoms with Gasteiger partial charge in [-0.05, 0) is 19.1 Å². The molecule has 2 rings (SSSR count). The van der Waals surface area contributed by atoms with Crippen LogP contribution in [0.2, 0.25) is 0 Å². The average molecular weight is 219 g/mol. The lowest BCUT2D eigenvalue weighted by atomic mass is 10.4. The van der Waals surface area contributed by atoms with Crippen LogP contribution in [0.15, 0.2) is 18.5 Å². The predicted molar refractivity (Wildman–Crippen MR) is 53.0 cm³/mol. The highest BCUT2D eigenvalue weighted by atomic mass is 16.5. The topological polar surface area (TPSA) is 82.8 Å². The summed E-state index contributed by atoms with van der Waals surface area (Å²) in [4.78, 5) is 14.9. The Morgan fingerprint density at radius 3 is 2.81 bits per heavy atom. The molecule has 0 aliphatic rings. The number of hydrogen-bond acceptors (Lipinski definition) is 6. The number of aromatic nitrogens is 5. The van der Waals surface area contributed by atoms with Crippen LogP contribution in [0.1, 0.15) is 16.3 Å². The maximum absolute atomic E-state index is 11.1. The Hall–Kier alpha value is -2.31. The smallest absolute Gasteiger partial charge is 0.377 e. The first-order valence-electron chi connectivity index (χ1n) is 4.51. The average Bonchev–Trinajstić information content (AvgIpc) is 2.78. The number of hydrogen-bond donors (Lipinski definition) is 0. The number of rotatable bonds is 2. The first-order valence-corrected chi connectivity index (χ1v) is 4.51. The Balaban J connectivity index is 2.31. The number of nitrogens with zero attached hydrogens (tertiary/aromatic N) is 5. The molecule has 2 heterocycles. The third kappa shape index (κ3) is 1.88. The molecule has 0 spiro atoms. The molecule has 0 aliphatic carbocycles. The second kappa shape index (κ2) is 4.05. The van der Waals surface area contributed by atoms with E-state index in [0.717, 1.165) is 5.69 Å². The van der Waals surface area contributed by atoms with E-state index in [4.69, 9.17) is 0 Å². The summed E-state index contributed by atoms with van der Waals surface area (Å²) in [5.41, 5.74) is 0.803. The summed E-state index contributed by atoms with van der Waals surface area (Å²) in [5, 5.41) is 11.7. The molecular formula is C9H9N5O2. The van der Waals surface area contributed by atoms with Gasteiger partial charge in [0, 0.05) is 0 Å². The molecule has 0 amide bonds. The lowest BCUT2D eigenvalue weighted by molar-refractivity contribution is 0.0587. The second-order valence-corrected chi connectivity index (χ2v) is 3.04. The molecule has 0 aromatic carbocycles. The van der Waals surface area contributed by atoms with Gasteiger partial charge in [0.25, 0.3) is 5.82 Å². The third-order valence-corrected chi connectivity index (χ3v) is 1.88. The van der Waals surface area contributed by atoms with Gasteiger partial charge in [0.05, 0.1) is 12.8 Å². The molecule has 0 aliphatic heterocycles. The van der Waals surface area contributed by atoms with Crippen molar-refractivity contribution in [1.82, 2.24) is 25.0 Å². The van der Waals surface area contributed by atoms with Crippen LogP contribution in [0.3, 0.4) is 0 Å². The van der Waals surface area contributed by atoms with Crippen LogP contribution in [0, 0.1) is 6.92 Å². The van der Waals surface area contributed by atoms with Gasteiger partial charge in [-0.25, -0.2) is 9.78 Å². The fourth-order valence-corrected chi connectivity index (χ4v) is 1.07. The number of esters is 1. The normalized spacial score (nSPS) is 10.1. The quantitative estimate of drug-likeness (QED) is 0.669. The van der Waals surface area contributed by atoms with Crippen molar-refractivity contribution in [2.45, 2.75) is 6.92 Å². The SMILES string of the molecule is COC(=O)c1ncn(-c2ccc(C)nn2)n1. The number of ether oxygens (including phenoxy) is 1. The standard InChI is InChI=1S/C9H9N5O2/c1-6-3-4-7(12-11-6)14-5-10-8(13-14)9(15)16-2/h3-5H,1-2H3. The summed E-state index contributed by atoms with van der Waals surface area (Å²) in [6.45, 7) is 1.83. The van der Waals surface area contributed by atoms with E-state index in [1.165, 1.54) is 18.1 Å². The first-order chi connectivity index (χ1) is 7.70. The van der Waals surface area contributed by atoms with E-state index in [0.29, 0.717) is 5.82 Å². The predicted octanol–water partition coefficient (Wildman–Crippen LogP) is 0.152. The molecule has 2 aromatic rings. The van der Waals surface area contributed by atoms with Crippen molar-refractivity contribution in [3.05, 3.63) is 30.0 Å². The van der Waals surface area contributed by atoms with E-state index in [1.54, 1.807) is 12.1 Å². The number of carbonyl (C=O) groups is 1. The van der Waals surface area contributed by atoms with Crippen molar-refractivity contribution in [2.75, 3.05) is 7.11 Å². The number of aryl methyl sites for hydroxylation is 1. The molecule has 0 saturated heterocycles. The Kier molecular flexibility index (Phi) is 2.59. The molecule has 16 heavy (non-hydrogen) atoms. The maximum Gasteiger partial charge on any atom is 0.377 e. The minimum absolute atomic E-state index is 0.00937. The zero-order chi connectivity index (χ0) is 11.5. The van der Waals surface area contributed by atoms with Crippen LogP contribution in [0.25, 0.3) is 5.82 Å². The van der Waals surface area contributed by atoms with Crippen LogP contribution in [-0.2, 0) is 4.74 Å². The van der Waals surface area contributed by atoms with Gasteiger partial charge >= 0.3 is 5.97 Å². The zero-order valence-electron chi connectivity index (χ0n) is 8.78. The van der Waals surface area contributed by atoms with Crippen LogP contribution >= 0.6 is 0 Å². The summed E-state index contributed by atoms with van der Waals surface area (Å²) < 4.78 is 5.85. The molecular weight excluding hydrogens is 210 g/mol. The fraction of sp³-hybridized carbons (Fsp3) is 0.222. The largest absolute Gasteiger partial charge is 0.463 e. The summed E-state index contributed by atoms with van der Waals surface area (Å²) in [6, 6.07) is 3.53. The van der Waals surface area contributed by atoms with E-state index in [9.17, 15) is 4.79 Å². The molecule has 82 valence electrons. The van der Waals surface area contributed by atoms with Gasteiger partial charge in [-0.15, -0.1) is 10.2 Å². The van der Waals surface area contributed by atoms with Gasteiger partial charge in [-0.1, -0.05) is 0 Å². The molecule has 7 heteroatoms. The minimum Gasteiger partial charge on any atom is -0.463 e. The first kappa shape index (κ1) is 10.2. The van der Waals surface area contributed by atoms with E-state index in [2.05, 4.69) is 25.0 Å². The number of methoxy groups -OCH3 is 1. The Bertz CT molecular complexity index is 505. The van der Waals surface area contributed by atoms with Crippen molar-refractivity contribution in [1.29, 1.82) is 0 Å². The summed E-state index contributed by atoms with van der Waals surface area (Å²) in [6.07, 6.45) is 1.38. The lowest BCUT2D eigenvalue weighted by Crippen LogP contribution is -2.06. The Labute approximate surface area is 91.1 Å². The van der Waals surface area contributed by atoms with Crippen molar-refractivity contribution in [3.63, 3.8) is 0 Å². The van der Waals surface area contributed by atoms with Gasteiger partial charge < -0.3 is 4.74 Å². The summed E-state index contributed by atoms with van der Waals surface area (Å²) >= 11 is 0. The second-order valence-electron chi connectivity index (χ2n) is 3.04. The van der Waals surface area contributed by atoms with Crippen molar-refractivity contribution in [3.8, 4) is 5.82 Å². The summed E-state index contributed by atoms with van der Waals surface area (Å²) in [7, 11) is 1.27. The van der Waals surface area contributed by atoms with Crippen molar-refractivity contribution < 1.29 is 9.53 Å². The maximum atomic E-state index is 11.1. The Morgan fingerprint density at radius 2 is 2.19 bits per heavy atom. The van der Waals surface area contributed by atoms with E-state index >= 15 is 0 Å². The van der Waals surface area contributed by atoms with Crippen LogP contribution in [-0.4, -0.2) is 38.0 Å². The highest BCUT2D eigenvalue weighted by Gasteiger charge is 2.12. The zero-order valence-corrected chi connectivity index (χ0v) is 8.78. The van der Waals surface area contributed by atoms with Crippen molar-refractivity contribution >= 4 is 5.97 Å². The van der Waals surface area contributed by atoms with Crippen LogP contribution in [0.5, 0.6) is 0 Å². The van der Waals surface area contributed by atoms with Crippen molar-refractivity contribution in [2.24, 2.45) is 0 Å². The fourth-order valence-electron chi connectivity index (χ4n) is 1.07. The van der Waals surface area contributed by atoms with E-state index in [-0.39, 0.29) is 5.82 Å². The summed E-state index contributed by atoms with van der Waals surface area (Å²) in [5.74, 6) is -0.100. The number of carbonyl (C=O) groups excluding carboxylic acids is 1. The van der Waals surface area contributed by atoms with Gasteiger partial charge in [0.15, 0.2) is 5.82 Å². The molecule has 0 saturated carbocycles. The molecule has 0 N–H and O–H groups in total. The highest BCUT2D eigenvalue weighted by Crippen LogP contribution is 2.02. The molecule has 0 unspecified atom stereocenters. The molecule has 0 radical (unpaired) electrons. The van der Waals surface area contributed by atoms with E-state index < -0.39 is 5.97 Å². The lowest BCUT2D eigenvalue weighted by Gasteiger charge is -1.97. The molecule has 2 aromatic heterocycles. The third-order valence-electron chi connectivity index (χ3n) is 1.88. The van der Waals surface area contributed by atoms with Gasteiger partial charge in [0.1, 0.15) is 6.33 Å². The van der Waals surface area contributed by atoms with Gasteiger partial charge in [-0.2, -0.15) is 9.78 Å². The van der Waals surface area contributed by atoms with Gasteiger partial charge in [0.2, 0.25) is 0 Å². The highest BCUT2D eigenvalue weighted by molar-refractivity contribution is 5.84. The Morgan fingerprint density at radius 1 is 1.38 bits per heavy atom. The monoisotopic (exact) mass is 219 g/mol. The molecule has 0 bridgehead atoms. The minimum atomic E-state index is -0.584. The van der Waals surface area contributed by atoms with Crippen LogP contribution in [0.4, 0.5) is 0 Å². The molecule has 0 atom stereocenters. The molecule has 0 fully saturated rings. The van der Waals surface area contributed by atoms with E-state index in [1.807, 2.05) is 6.92 Å².